The maximum absolute atomic E-state index is 15.1. The number of amides is 12. The molecule has 2 rings (SSSR count). The molecular formula is C64H120N30O15. The Balaban J connectivity index is 2.71. The van der Waals surface area contributed by atoms with Gasteiger partial charge in [-0.2, -0.15) is 0 Å². The second kappa shape index (κ2) is 50.8. The van der Waals surface area contributed by atoms with Gasteiger partial charge in [-0.25, -0.2) is 0 Å². The molecule has 12 amide bonds. The number of rotatable bonds is 54. The van der Waals surface area contributed by atoms with Crippen LogP contribution in [-0.2, 0) is 62.3 Å². The van der Waals surface area contributed by atoms with Crippen LogP contribution in [0.15, 0.2) is 25.0 Å². The molecule has 45 heteroatoms. The first-order valence-electron chi connectivity index (χ1n) is 36.5. The van der Waals surface area contributed by atoms with E-state index in [1.165, 1.54) is 11.8 Å². The van der Waals surface area contributed by atoms with Gasteiger partial charge in [0.25, 0.3) is 0 Å². The van der Waals surface area contributed by atoms with Crippen molar-refractivity contribution in [2.75, 3.05) is 58.9 Å². The quantitative estimate of drug-likeness (QED) is 0.0153. The van der Waals surface area contributed by atoms with E-state index in [1.807, 2.05) is 0 Å². The Bertz CT molecular complexity index is 3150. The number of carboxylic acids is 1. The number of guanidine groups is 5. The minimum absolute atomic E-state index is 0.00136. The highest BCUT2D eigenvalue weighted by molar-refractivity contribution is 6.00. The van der Waals surface area contributed by atoms with Crippen molar-refractivity contribution in [3.8, 4) is 0 Å². The third kappa shape index (κ3) is 37.1. The topological polar surface area (TPSA) is 812 Å². The maximum atomic E-state index is 15.1. The summed E-state index contributed by atoms with van der Waals surface area (Å²) < 4.78 is 0. The number of aliphatic hydroxyl groups excluding tert-OH is 1. The van der Waals surface area contributed by atoms with E-state index in [-0.39, 0.29) is 198 Å². The summed E-state index contributed by atoms with van der Waals surface area (Å²) in [6.07, 6.45) is -0.137. The van der Waals surface area contributed by atoms with Gasteiger partial charge in [0, 0.05) is 45.7 Å². The SMILES string of the molecule is C[C@@H](O)[C@H](N)C(=O)N1CCC[C@H]1C(=O)N[C@@H](CCC(N)=O)C(=O)N[C@@H](CCCN=C(N)N)C(=O)NC1(C(=O)N[C@@H](CCCN=C(N)N)C(=O)N[C@@H](CCCN=C(N)N)C(=O)N[C@@H](CCCN=C(N)N)C(=O)N[C@@H](CCCCN)C(=O)N[C@@H](CCCCN)C(=O)N[C@@H](CCCN=C(N)N)C(=O)NCC(=O)O)CCCC1. The zero-order valence-electron chi connectivity index (χ0n) is 62.2. The Morgan fingerprint density at radius 3 is 1.07 bits per heavy atom. The molecule has 0 unspecified atom stereocenters. The number of unbranched alkanes of at least 4 members (excludes halogenated alkanes) is 2. The standard InChI is InChI=1S/C64H120N30O15/c1-35(95)47(68)57(108)94-33-13-21-44(94)56(107)91-43(22-23-45(67)96)54(105)90-42(20-12-32-83-63(77)78)55(106)93-64(24-4-5-25-64)58(109)92-41(19-11-31-82-62(75)76)53(104)89-40(18-10-30-81-61(73)74)52(103)88-39(17-9-29-80-60(71)72)51(102)87-38(15-3-7-27-66)50(101)86-37(14-2-6-26-65)49(100)85-36(16-8-28-79-59(69)70)48(99)84-34-46(97)98/h35-44,47,95H,2-34,65-66,68H2,1H3,(H2,67,96)(H,84,99)(H,85,100)(H,86,101)(H,87,102)(H,88,103)(H,89,104)(H,90,105)(H,91,107)(H,92,109)(H,93,106)(H,97,98)(H4,69,70,79)(H4,71,72,80)(H4,73,74,81)(H4,75,76,82)(H4,77,78,83)/t35-,36+,37+,38+,39+,40+,41+,42+,43+,44+,47+/m1/s1. The van der Waals surface area contributed by atoms with E-state index in [9.17, 15) is 67.7 Å². The largest absolute Gasteiger partial charge is 0.480 e. The second-order valence-electron chi connectivity index (χ2n) is 26.6. The Morgan fingerprint density at radius 2 is 0.752 bits per heavy atom. The zero-order chi connectivity index (χ0) is 81.8. The molecule has 0 spiro atoms. The van der Waals surface area contributed by atoms with Crippen molar-refractivity contribution < 1.29 is 72.5 Å². The molecule has 45 nitrogen and oxygen atoms in total. The van der Waals surface area contributed by atoms with Gasteiger partial charge < -0.3 is 149 Å². The number of nitrogens with two attached hydrogens (primary N) is 14. The van der Waals surface area contributed by atoms with Gasteiger partial charge in [-0.05, 0) is 155 Å². The zero-order valence-corrected chi connectivity index (χ0v) is 62.2. The van der Waals surface area contributed by atoms with E-state index in [0.717, 1.165) is 0 Å². The number of hydrogen-bond acceptors (Lipinski definition) is 22. The Labute approximate surface area is 632 Å². The third-order valence-electron chi connectivity index (χ3n) is 17.7. The second-order valence-corrected chi connectivity index (χ2v) is 26.6. The minimum atomic E-state index is -1.78. The molecule has 109 heavy (non-hydrogen) atoms. The molecule has 0 aromatic heterocycles. The van der Waals surface area contributed by atoms with Crippen LogP contribution in [0.5, 0.6) is 0 Å². The predicted octanol–water partition coefficient (Wildman–Crippen LogP) is -11.0. The lowest BCUT2D eigenvalue weighted by atomic mass is 9.94. The summed E-state index contributed by atoms with van der Waals surface area (Å²) in [5.74, 6) is -13.3. The van der Waals surface area contributed by atoms with E-state index in [1.54, 1.807) is 0 Å². The van der Waals surface area contributed by atoms with E-state index in [2.05, 4.69) is 78.1 Å². The summed E-state index contributed by atoms with van der Waals surface area (Å²) >= 11 is 0. The van der Waals surface area contributed by atoms with E-state index in [4.69, 9.17) is 80.3 Å². The summed E-state index contributed by atoms with van der Waals surface area (Å²) in [4.78, 5) is 203. The van der Waals surface area contributed by atoms with Gasteiger partial charge in [-0.1, -0.05) is 12.8 Å². The average Bonchev–Trinajstić information content (AvgIpc) is 1.61. The molecule has 1 saturated carbocycles. The molecule has 616 valence electrons. The van der Waals surface area contributed by atoms with Crippen molar-refractivity contribution in [3.05, 3.63) is 0 Å². The number of aliphatic carboxylic acids is 1. The highest BCUT2D eigenvalue weighted by Gasteiger charge is 2.46. The summed E-state index contributed by atoms with van der Waals surface area (Å²) in [5, 5.41) is 45.6. The Morgan fingerprint density at radius 1 is 0.431 bits per heavy atom. The Kier molecular flexibility index (Phi) is 44.0. The van der Waals surface area contributed by atoms with Gasteiger partial charge in [-0.3, -0.25) is 87.3 Å². The number of carbonyl (C=O) groups is 13. The molecule has 1 aliphatic carbocycles. The normalized spacial score (nSPS) is 16.2. The minimum Gasteiger partial charge on any atom is -0.480 e. The van der Waals surface area contributed by atoms with Crippen LogP contribution in [0.4, 0.5) is 0 Å². The van der Waals surface area contributed by atoms with E-state index >= 15 is 4.79 Å². The molecule has 0 bridgehead atoms. The first-order valence-corrected chi connectivity index (χ1v) is 36.5. The molecule has 1 aliphatic heterocycles. The molecule has 11 atom stereocenters. The number of carbonyl (C=O) groups excluding carboxylic acids is 12. The fraction of sp³-hybridized carbons (Fsp3) is 0.719. The van der Waals surface area contributed by atoms with Crippen molar-refractivity contribution in [1.29, 1.82) is 0 Å². The van der Waals surface area contributed by atoms with Gasteiger partial charge in [0.1, 0.15) is 72.5 Å². The number of likely N-dealkylation sites (tertiary alicyclic amines) is 1. The van der Waals surface area contributed by atoms with Crippen molar-refractivity contribution in [3.63, 3.8) is 0 Å². The van der Waals surface area contributed by atoms with Gasteiger partial charge in [0.2, 0.25) is 70.9 Å². The number of aliphatic hydroxyl groups is 1. The van der Waals surface area contributed by atoms with Crippen LogP contribution >= 0.6 is 0 Å². The fourth-order valence-electron chi connectivity index (χ4n) is 11.8. The summed E-state index contributed by atoms with van der Waals surface area (Å²) in [6.45, 7) is 0.818. The highest BCUT2D eigenvalue weighted by Crippen LogP contribution is 2.31. The molecule has 1 saturated heterocycles. The van der Waals surface area contributed by atoms with Crippen LogP contribution in [0.1, 0.15) is 161 Å². The van der Waals surface area contributed by atoms with Gasteiger partial charge in [-0.15, -0.1) is 0 Å². The van der Waals surface area contributed by atoms with Crippen molar-refractivity contribution in [2.24, 2.45) is 105 Å². The highest BCUT2D eigenvalue weighted by atomic mass is 16.4. The van der Waals surface area contributed by atoms with Crippen molar-refractivity contribution in [2.45, 2.75) is 233 Å². The van der Waals surface area contributed by atoms with Crippen LogP contribution in [-0.4, -0.2) is 253 Å². The average molecular weight is 1550 g/mol. The first kappa shape index (κ1) is 94.4. The lowest BCUT2D eigenvalue weighted by Gasteiger charge is -2.33. The Hall–Kier alpha value is -10.7. The summed E-state index contributed by atoms with van der Waals surface area (Å²) in [7, 11) is 0. The number of hydrogen-bond donors (Lipinski definition) is 26. The lowest BCUT2D eigenvalue weighted by Crippen LogP contribution is -2.64. The molecule has 0 radical (unpaired) electrons. The maximum Gasteiger partial charge on any atom is 0.322 e. The molecular weight excluding hydrogens is 1430 g/mol. The summed E-state index contributed by atoms with van der Waals surface area (Å²) in [5.41, 5.74) is 77.1. The van der Waals surface area contributed by atoms with Crippen LogP contribution in [0, 0.1) is 0 Å². The fourth-order valence-corrected chi connectivity index (χ4v) is 11.8. The van der Waals surface area contributed by atoms with Crippen molar-refractivity contribution in [1.82, 2.24) is 58.1 Å². The third-order valence-corrected chi connectivity index (χ3v) is 17.7. The molecule has 40 N–H and O–H groups in total. The van der Waals surface area contributed by atoms with Gasteiger partial charge in [0.15, 0.2) is 29.8 Å². The van der Waals surface area contributed by atoms with E-state index < -0.39 is 162 Å². The molecule has 2 fully saturated rings. The molecule has 0 aromatic carbocycles. The van der Waals surface area contributed by atoms with Crippen LogP contribution < -0.4 is 133 Å². The van der Waals surface area contributed by atoms with Gasteiger partial charge >= 0.3 is 5.97 Å². The monoisotopic (exact) mass is 1550 g/mol. The van der Waals surface area contributed by atoms with Crippen LogP contribution in [0.2, 0.25) is 0 Å². The van der Waals surface area contributed by atoms with Crippen LogP contribution in [0.25, 0.3) is 0 Å². The smallest absolute Gasteiger partial charge is 0.322 e. The number of nitrogens with one attached hydrogen (secondary N) is 10. The van der Waals surface area contributed by atoms with Crippen LogP contribution in [0.3, 0.4) is 0 Å². The number of carboxylic acid groups (broad SMARTS) is 1. The number of aliphatic imine (C=N–C) groups is 5. The summed E-state index contributed by atoms with van der Waals surface area (Å²) in [6, 6.07) is -14.3. The lowest BCUT2D eigenvalue weighted by molar-refractivity contribution is -0.142. The van der Waals surface area contributed by atoms with Gasteiger partial charge in [0.05, 0.1) is 6.10 Å². The molecule has 0 aromatic rings. The molecule has 1 heterocycles. The van der Waals surface area contributed by atoms with Crippen molar-refractivity contribution >= 4 is 107 Å². The number of nitrogens with zero attached hydrogens (tertiary/aromatic N) is 6. The first-order chi connectivity index (χ1) is 51.6. The number of primary amides is 1. The molecule has 2 aliphatic rings. The van der Waals surface area contributed by atoms with E-state index in [0.29, 0.717) is 32.1 Å². The predicted molar refractivity (Wildman–Crippen MR) is 404 cm³/mol.